The van der Waals surface area contributed by atoms with Crippen molar-refractivity contribution < 1.29 is 14.3 Å². The third-order valence-corrected chi connectivity index (χ3v) is 3.66. The van der Waals surface area contributed by atoms with E-state index in [1.807, 2.05) is 38.1 Å². The van der Waals surface area contributed by atoms with Gasteiger partial charge in [0.15, 0.2) is 0 Å². The molecule has 0 bridgehead atoms. The van der Waals surface area contributed by atoms with Gasteiger partial charge in [0.25, 0.3) is 0 Å². The van der Waals surface area contributed by atoms with Gasteiger partial charge < -0.3 is 15.2 Å². The molecule has 18 heavy (non-hydrogen) atoms. The smallest absolute Gasteiger partial charge is 0.404 e. The zero-order chi connectivity index (χ0) is 13.7. The quantitative estimate of drug-likeness (QED) is 0.818. The molecule has 0 aromatic heterocycles. The van der Waals surface area contributed by atoms with Crippen molar-refractivity contribution in [3.63, 3.8) is 0 Å². The van der Waals surface area contributed by atoms with Crippen molar-refractivity contribution in [2.45, 2.75) is 26.1 Å². The van der Waals surface area contributed by atoms with Crippen molar-refractivity contribution >= 4 is 28.7 Å². The van der Waals surface area contributed by atoms with Gasteiger partial charge in [0.05, 0.1) is 0 Å². The summed E-state index contributed by atoms with van der Waals surface area (Å²) in [6.45, 7) is 3.94. The number of hydrogen-bond acceptors (Lipinski definition) is 3. The molecule has 0 fully saturated rings. The lowest BCUT2D eigenvalue weighted by Gasteiger charge is -2.29. The van der Waals surface area contributed by atoms with E-state index in [0.717, 1.165) is 9.13 Å². The molecule has 5 heteroatoms. The Morgan fingerprint density at radius 3 is 2.39 bits per heavy atom. The van der Waals surface area contributed by atoms with Crippen LogP contribution in [0.25, 0.3) is 0 Å². The number of carbonyl (C=O) groups excluding carboxylic acids is 1. The van der Waals surface area contributed by atoms with E-state index >= 15 is 0 Å². The van der Waals surface area contributed by atoms with Gasteiger partial charge in [-0.05, 0) is 40.1 Å². The van der Waals surface area contributed by atoms with E-state index in [0.29, 0.717) is 0 Å². The maximum atomic E-state index is 11.0. The Kier molecular flexibility index (Phi) is 5.87. The fourth-order valence-electron chi connectivity index (χ4n) is 1.83. The summed E-state index contributed by atoms with van der Waals surface area (Å²) >= 11 is 2.24. The van der Waals surface area contributed by atoms with Crippen LogP contribution >= 0.6 is 22.6 Å². The van der Waals surface area contributed by atoms with Crippen LogP contribution in [0, 0.1) is 9.49 Å². The van der Waals surface area contributed by atoms with Crippen LogP contribution in [0.1, 0.15) is 25.5 Å². The summed E-state index contributed by atoms with van der Waals surface area (Å²) in [6.07, 6.45) is -1.49. The van der Waals surface area contributed by atoms with Crippen molar-refractivity contribution in [2.75, 3.05) is 7.11 Å². The Bertz CT molecular complexity index is 409. The highest BCUT2D eigenvalue weighted by Gasteiger charge is 2.30. The Labute approximate surface area is 121 Å². The summed E-state index contributed by atoms with van der Waals surface area (Å²) in [6, 6.07) is 7.85. The predicted octanol–water partition coefficient (Wildman–Crippen LogP) is 3.10. The average Bonchev–Trinajstić information content (AvgIpc) is 2.30. The van der Waals surface area contributed by atoms with Crippen LogP contribution in [0.2, 0.25) is 0 Å². The molecule has 0 spiro atoms. The molecule has 0 saturated heterocycles. The SMILES string of the molecule is CO[C@@H](c1ccccc1I)[C@@H](OC(N)=O)C(C)C. The number of benzene rings is 1. The Balaban J connectivity index is 3.06. The van der Waals surface area contributed by atoms with E-state index in [-0.39, 0.29) is 12.0 Å². The molecule has 1 rings (SSSR count). The van der Waals surface area contributed by atoms with Gasteiger partial charge in [-0.3, -0.25) is 0 Å². The van der Waals surface area contributed by atoms with Crippen LogP contribution in [-0.2, 0) is 9.47 Å². The number of ether oxygens (including phenoxy) is 2. The highest BCUT2D eigenvalue weighted by Crippen LogP contribution is 2.30. The average molecular weight is 363 g/mol. The fraction of sp³-hybridized carbons (Fsp3) is 0.462. The van der Waals surface area contributed by atoms with Crippen LogP contribution in [-0.4, -0.2) is 19.3 Å². The normalized spacial score (nSPS) is 14.3. The molecule has 1 aromatic rings. The number of methoxy groups -OCH3 is 1. The summed E-state index contributed by atoms with van der Waals surface area (Å²) in [5.74, 6) is 0.110. The number of carbonyl (C=O) groups is 1. The van der Waals surface area contributed by atoms with Crippen molar-refractivity contribution in [2.24, 2.45) is 11.7 Å². The maximum Gasteiger partial charge on any atom is 0.404 e. The largest absolute Gasteiger partial charge is 0.443 e. The van der Waals surface area contributed by atoms with Crippen LogP contribution in [0.15, 0.2) is 24.3 Å². The molecular formula is C13H18INO3. The molecule has 2 atom stereocenters. The Morgan fingerprint density at radius 2 is 1.94 bits per heavy atom. The van der Waals surface area contributed by atoms with Gasteiger partial charge in [-0.2, -0.15) is 0 Å². The van der Waals surface area contributed by atoms with E-state index < -0.39 is 12.2 Å². The second-order valence-corrected chi connectivity index (χ2v) is 5.49. The number of nitrogens with two attached hydrogens (primary N) is 1. The van der Waals surface area contributed by atoms with E-state index in [1.165, 1.54) is 0 Å². The van der Waals surface area contributed by atoms with Gasteiger partial charge in [-0.1, -0.05) is 32.0 Å². The number of rotatable bonds is 5. The second kappa shape index (κ2) is 6.94. The lowest BCUT2D eigenvalue weighted by Crippen LogP contribution is -2.33. The predicted molar refractivity (Wildman–Crippen MR) is 78.2 cm³/mol. The Morgan fingerprint density at radius 1 is 1.33 bits per heavy atom. The molecule has 0 unspecified atom stereocenters. The molecule has 100 valence electrons. The molecular weight excluding hydrogens is 345 g/mol. The first-order valence-electron chi connectivity index (χ1n) is 5.70. The highest BCUT2D eigenvalue weighted by atomic mass is 127. The van der Waals surface area contributed by atoms with Crippen molar-refractivity contribution in [3.05, 3.63) is 33.4 Å². The molecule has 0 radical (unpaired) electrons. The molecule has 0 aliphatic carbocycles. The zero-order valence-corrected chi connectivity index (χ0v) is 12.9. The first-order valence-corrected chi connectivity index (χ1v) is 6.78. The molecule has 1 aromatic carbocycles. The molecule has 1 amide bonds. The summed E-state index contributed by atoms with van der Waals surface area (Å²) in [4.78, 5) is 11.0. The molecule has 2 N–H and O–H groups in total. The van der Waals surface area contributed by atoms with Crippen LogP contribution < -0.4 is 5.73 Å². The summed E-state index contributed by atoms with van der Waals surface area (Å²) in [5, 5.41) is 0. The minimum Gasteiger partial charge on any atom is -0.443 e. The molecule has 0 heterocycles. The van der Waals surface area contributed by atoms with Gasteiger partial charge in [-0.25, -0.2) is 4.79 Å². The first kappa shape index (κ1) is 15.2. The van der Waals surface area contributed by atoms with Crippen LogP contribution in [0.3, 0.4) is 0 Å². The molecule has 0 saturated carbocycles. The van der Waals surface area contributed by atoms with Gasteiger partial charge in [0.1, 0.15) is 12.2 Å². The van der Waals surface area contributed by atoms with E-state index in [2.05, 4.69) is 22.6 Å². The first-order chi connectivity index (χ1) is 8.47. The van der Waals surface area contributed by atoms with Gasteiger partial charge in [0, 0.05) is 10.7 Å². The topological polar surface area (TPSA) is 61.6 Å². The van der Waals surface area contributed by atoms with E-state index in [9.17, 15) is 4.79 Å². The minimum absolute atomic E-state index is 0.110. The third kappa shape index (κ3) is 3.84. The van der Waals surface area contributed by atoms with Crippen molar-refractivity contribution in [3.8, 4) is 0 Å². The summed E-state index contributed by atoms with van der Waals surface area (Å²) in [7, 11) is 1.60. The lowest BCUT2D eigenvalue weighted by molar-refractivity contribution is -0.0428. The molecule has 4 nitrogen and oxygen atoms in total. The van der Waals surface area contributed by atoms with Gasteiger partial charge >= 0.3 is 6.09 Å². The lowest BCUT2D eigenvalue weighted by atomic mass is 9.96. The van der Waals surface area contributed by atoms with Crippen LogP contribution in [0.5, 0.6) is 0 Å². The second-order valence-electron chi connectivity index (χ2n) is 4.32. The van der Waals surface area contributed by atoms with Crippen molar-refractivity contribution in [1.82, 2.24) is 0 Å². The highest BCUT2D eigenvalue weighted by molar-refractivity contribution is 14.1. The van der Waals surface area contributed by atoms with E-state index in [1.54, 1.807) is 7.11 Å². The third-order valence-electron chi connectivity index (χ3n) is 2.67. The summed E-state index contributed by atoms with van der Waals surface area (Å²) in [5.41, 5.74) is 6.12. The number of hydrogen-bond donors (Lipinski definition) is 1. The van der Waals surface area contributed by atoms with E-state index in [4.69, 9.17) is 15.2 Å². The summed E-state index contributed by atoms with van der Waals surface area (Å²) < 4.78 is 11.8. The van der Waals surface area contributed by atoms with Gasteiger partial charge in [-0.15, -0.1) is 0 Å². The number of primary amides is 1. The Hall–Kier alpha value is -0.820. The monoisotopic (exact) mass is 363 g/mol. The number of halogens is 1. The number of amides is 1. The maximum absolute atomic E-state index is 11.0. The fourth-order valence-corrected chi connectivity index (χ4v) is 2.52. The van der Waals surface area contributed by atoms with Crippen LogP contribution in [0.4, 0.5) is 4.79 Å². The molecule has 0 aliphatic rings. The minimum atomic E-state index is -0.776. The van der Waals surface area contributed by atoms with Gasteiger partial charge in [0.2, 0.25) is 0 Å². The van der Waals surface area contributed by atoms with Crippen molar-refractivity contribution in [1.29, 1.82) is 0 Å². The molecule has 0 aliphatic heterocycles. The standard InChI is InChI=1S/C13H18INO3/c1-8(2)11(18-13(15)16)12(17-3)9-6-4-5-7-10(9)14/h4-8,11-12H,1-3H3,(H2,15,16)/t11-,12-/m0/s1. The zero-order valence-electron chi connectivity index (χ0n) is 10.7.